The van der Waals surface area contributed by atoms with Crippen LogP contribution in [0.4, 0.5) is 30.7 Å². The van der Waals surface area contributed by atoms with Crippen LogP contribution in [0.3, 0.4) is 0 Å². The van der Waals surface area contributed by atoms with E-state index in [1.54, 1.807) is 30.3 Å². The number of alkyl halides is 3. The molecule has 2 aromatic rings. The standard InChI is InChI=1S/C17H11F7O/c1-8(9-5-3-2-4-6-9)11(25)7-10-13(18)15(20)12(17(22,23)24)16(21)14(10)19/h2-6,8H,7H2,1H3. The van der Waals surface area contributed by atoms with E-state index in [2.05, 4.69) is 0 Å². The van der Waals surface area contributed by atoms with E-state index in [-0.39, 0.29) is 0 Å². The molecule has 1 unspecified atom stereocenters. The monoisotopic (exact) mass is 364 g/mol. The molecule has 0 aliphatic heterocycles. The van der Waals surface area contributed by atoms with Crippen molar-refractivity contribution in [3.8, 4) is 0 Å². The Bertz CT molecular complexity index is 768. The predicted octanol–water partition coefficient (Wildman–Crippen LogP) is 5.18. The van der Waals surface area contributed by atoms with Crippen molar-refractivity contribution in [1.29, 1.82) is 0 Å². The highest BCUT2D eigenvalue weighted by molar-refractivity contribution is 5.87. The smallest absolute Gasteiger partial charge is 0.299 e. The molecule has 1 nitrogen and oxygen atoms in total. The Morgan fingerprint density at radius 1 is 0.920 bits per heavy atom. The molecule has 1 atom stereocenters. The van der Waals surface area contributed by atoms with Gasteiger partial charge in [-0.2, -0.15) is 13.2 Å². The second-order valence-corrected chi connectivity index (χ2v) is 5.38. The molecule has 0 amide bonds. The van der Waals surface area contributed by atoms with E-state index < -0.39 is 58.7 Å². The van der Waals surface area contributed by atoms with Crippen molar-refractivity contribution in [2.75, 3.05) is 0 Å². The van der Waals surface area contributed by atoms with Crippen LogP contribution >= 0.6 is 0 Å². The second kappa shape index (κ2) is 6.85. The fraction of sp³-hybridized carbons (Fsp3) is 0.235. The van der Waals surface area contributed by atoms with Gasteiger partial charge in [-0.1, -0.05) is 37.3 Å². The fourth-order valence-electron chi connectivity index (χ4n) is 2.34. The van der Waals surface area contributed by atoms with E-state index in [9.17, 15) is 35.5 Å². The summed E-state index contributed by atoms with van der Waals surface area (Å²) in [5.41, 5.74) is -3.54. The second-order valence-electron chi connectivity index (χ2n) is 5.38. The van der Waals surface area contributed by atoms with Crippen LogP contribution in [0.25, 0.3) is 0 Å². The SMILES string of the molecule is CC(C(=O)Cc1c(F)c(F)c(C(F)(F)F)c(F)c1F)c1ccccc1. The molecular weight excluding hydrogens is 353 g/mol. The minimum absolute atomic E-state index is 0.487. The van der Waals surface area contributed by atoms with Crippen LogP contribution in [0.1, 0.15) is 29.5 Å². The molecule has 0 aliphatic rings. The Kier molecular flexibility index (Phi) is 5.20. The van der Waals surface area contributed by atoms with Gasteiger partial charge in [0.25, 0.3) is 0 Å². The molecule has 0 fully saturated rings. The van der Waals surface area contributed by atoms with Crippen molar-refractivity contribution < 1.29 is 35.5 Å². The van der Waals surface area contributed by atoms with Crippen LogP contribution < -0.4 is 0 Å². The van der Waals surface area contributed by atoms with Crippen LogP contribution in [0.2, 0.25) is 0 Å². The van der Waals surface area contributed by atoms with Gasteiger partial charge in [0.1, 0.15) is 11.3 Å². The Morgan fingerprint density at radius 3 is 1.84 bits per heavy atom. The van der Waals surface area contributed by atoms with E-state index >= 15 is 0 Å². The largest absolute Gasteiger partial charge is 0.422 e. The minimum Gasteiger partial charge on any atom is -0.299 e. The molecule has 0 heterocycles. The normalized spacial score (nSPS) is 13.0. The lowest BCUT2D eigenvalue weighted by Gasteiger charge is -2.15. The summed E-state index contributed by atoms with van der Waals surface area (Å²) in [7, 11) is 0. The Balaban J connectivity index is 2.43. The van der Waals surface area contributed by atoms with Gasteiger partial charge < -0.3 is 0 Å². The van der Waals surface area contributed by atoms with E-state index in [0.717, 1.165) is 0 Å². The summed E-state index contributed by atoms with van der Waals surface area (Å²) in [6, 6.07) is 8.00. The third-order valence-corrected chi connectivity index (χ3v) is 3.77. The molecule has 25 heavy (non-hydrogen) atoms. The topological polar surface area (TPSA) is 17.1 Å². The molecule has 0 aliphatic carbocycles. The molecule has 0 saturated carbocycles. The number of Topliss-reactive ketones (excluding diaryl/α,β-unsaturated/α-hetero) is 1. The summed E-state index contributed by atoms with van der Waals surface area (Å²) in [4.78, 5) is 12.1. The van der Waals surface area contributed by atoms with Gasteiger partial charge in [0.2, 0.25) is 0 Å². The van der Waals surface area contributed by atoms with Gasteiger partial charge in [-0.15, -0.1) is 0 Å². The maximum absolute atomic E-state index is 13.8. The maximum Gasteiger partial charge on any atom is 0.422 e. The Hall–Kier alpha value is -2.38. The maximum atomic E-state index is 13.8. The van der Waals surface area contributed by atoms with Crippen molar-refractivity contribution >= 4 is 5.78 Å². The highest BCUT2D eigenvalue weighted by Crippen LogP contribution is 2.37. The first kappa shape index (κ1) is 19.0. The van der Waals surface area contributed by atoms with E-state index in [4.69, 9.17) is 0 Å². The van der Waals surface area contributed by atoms with Crippen LogP contribution in [0.15, 0.2) is 30.3 Å². The van der Waals surface area contributed by atoms with Gasteiger partial charge in [0.15, 0.2) is 23.3 Å². The third-order valence-electron chi connectivity index (χ3n) is 3.77. The first-order valence-corrected chi connectivity index (χ1v) is 7.05. The van der Waals surface area contributed by atoms with Crippen molar-refractivity contribution in [3.05, 3.63) is 70.3 Å². The molecule has 0 aromatic heterocycles. The molecule has 0 N–H and O–H groups in total. The lowest BCUT2D eigenvalue weighted by molar-refractivity contribution is -0.143. The number of benzene rings is 2. The number of rotatable bonds is 4. The van der Waals surface area contributed by atoms with Crippen molar-refractivity contribution in [1.82, 2.24) is 0 Å². The molecule has 0 radical (unpaired) electrons. The van der Waals surface area contributed by atoms with Gasteiger partial charge in [0.05, 0.1) is 0 Å². The summed E-state index contributed by atoms with van der Waals surface area (Å²) in [6.45, 7) is 1.41. The van der Waals surface area contributed by atoms with Crippen molar-refractivity contribution in [2.24, 2.45) is 0 Å². The van der Waals surface area contributed by atoms with Gasteiger partial charge in [0, 0.05) is 17.9 Å². The summed E-state index contributed by atoms with van der Waals surface area (Å²) >= 11 is 0. The third kappa shape index (κ3) is 3.67. The number of ketones is 1. The van der Waals surface area contributed by atoms with Crippen LogP contribution in [-0.4, -0.2) is 5.78 Å². The fourth-order valence-corrected chi connectivity index (χ4v) is 2.34. The summed E-state index contributed by atoms with van der Waals surface area (Å²) in [5, 5.41) is 0. The van der Waals surface area contributed by atoms with Crippen LogP contribution in [0, 0.1) is 23.3 Å². The zero-order chi connectivity index (χ0) is 18.9. The van der Waals surface area contributed by atoms with E-state index in [0.29, 0.717) is 5.56 Å². The van der Waals surface area contributed by atoms with Gasteiger partial charge >= 0.3 is 6.18 Å². The predicted molar refractivity (Wildman–Crippen MR) is 74.8 cm³/mol. The molecule has 0 bridgehead atoms. The summed E-state index contributed by atoms with van der Waals surface area (Å²) in [5.74, 6) is -11.3. The van der Waals surface area contributed by atoms with Crippen LogP contribution in [0.5, 0.6) is 0 Å². The van der Waals surface area contributed by atoms with Crippen LogP contribution in [-0.2, 0) is 17.4 Å². The van der Waals surface area contributed by atoms with Gasteiger partial charge in [-0.25, -0.2) is 17.6 Å². The van der Waals surface area contributed by atoms with E-state index in [1.165, 1.54) is 6.92 Å². The molecule has 2 aromatic carbocycles. The molecule has 2 rings (SSSR count). The highest BCUT2D eigenvalue weighted by Gasteiger charge is 2.42. The number of halogens is 7. The molecule has 8 heteroatoms. The zero-order valence-electron chi connectivity index (χ0n) is 12.7. The molecule has 0 saturated heterocycles. The van der Waals surface area contributed by atoms with Crippen molar-refractivity contribution in [2.45, 2.75) is 25.4 Å². The zero-order valence-corrected chi connectivity index (χ0v) is 12.7. The Morgan fingerprint density at radius 2 is 1.40 bits per heavy atom. The average Bonchev–Trinajstić information content (AvgIpc) is 2.55. The Labute approximate surface area is 138 Å². The average molecular weight is 364 g/mol. The van der Waals surface area contributed by atoms with Gasteiger partial charge in [-0.3, -0.25) is 4.79 Å². The highest BCUT2D eigenvalue weighted by atomic mass is 19.4. The summed E-state index contributed by atoms with van der Waals surface area (Å²) in [6.07, 6.45) is -6.70. The number of carbonyl (C=O) groups excluding carboxylic acids is 1. The molecular formula is C17H11F7O. The molecule has 0 spiro atoms. The number of hydrogen-bond acceptors (Lipinski definition) is 1. The molecule has 134 valence electrons. The van der Waals surface area contributed by atoms with Gasteiger partial charge in [-0.05, 0) is 5.56 Å². The minimum atomic E-state index is -5.62. The lowest BCUT2D eigenvalue weighted by Crippen LogP contribution is -2.20. The van der Waals surface area contributed by atoms with E-state index in [1.807, 2.05) is 0 Å². The summed E-state index contributed by atoms with van der Waals surface area (Å²) < 4.78 is 92.4. The first-order valence-electron chi connectivity index (χ1n) is 7.05. The lowest BCUT2D eigenvalue weighted by atomic mass is 9.92. The quantitative estimate of drug-likeness (QED) is 0.540. The number of hydrogen-bond donors (Lipinski definition) is 0. The first-order chi connectivity index (χ1) is 11.6. The van der Waals surface area contributed by atoms with Crippen molar-refractivity contribution in [3.63, 3.8) is 0 Å². The number of carbonyl (C=O) groups is 1.